The minimum absolute atomic E-state index is 0.0925. The quantitative estimate of drug-likeness (QED) is 0.381. The number of aryl methyl sites for hydroxylation is 2. The summed E-state index contributed by atoms with van der Waals surface area (Å²) in [5, 5.41) is 21.4. The average molecular weight is 516 g/mol. The molecule has 0 bridgehead atoms. The summed E-state index contributed by atoms with van der Waals surface area (Å²) in [5.41, 5.74) is 11.5. The fourth-order valence-electron chi connectivity index (χ4n) is 6.49. The number of nitrogens with one attached hydrogen (secondary N) is 3. The highest BCUT2D eigenvalue weighted by Crippen LogP contribution is 2.50. The third-order valence-corrected chi connectivity index (χ3v) is 8.21. The maximum atomic E-state index is 12.8. The number of carbonyl (C=O) groups is 2. The molecule has 1 aromatic heterocycles. The number of fused-ring (bicyclic) bond motifs is 2. The van der Waals surface area contributed by atoms with E-state index < -0.39 is 11.0 Å². The molecule has 1 heterocycles. The molecule has 0 spiro atoms. The van der Waals surface area contributed by atoms with Crippen molar-refractivity contribution in [2.75, 3.05) is 13.1 Å². The maximum Gasteiger partial charge on any atom is 0.251 e. The normalized spacial score (nSPS) is 17.6. The summed E-state index contributed by atoms with van der Waals surface area (Å²) >= 11 is 0. The Labute approximate surface area is 223 Å². The molecule has 0 unspecified atom stereocenters. The number of carbonyl (C=O) groups excluding carboxylic acids is 2. The van der Waals surface area contributed by atoms with Crippen LogP contribution in [0.25, 0.3) is 0 Å². The van der Waals surface area contributed by atoms with Crippen molar-refractivity contribution in [1.82, 2.24) is 31.3 Å². The van der Waals surface area contributed by atoms with Crippen LogP contribution in [-0.4, -0.2) is 51.1 Å². The molecule has 0 radical (unpaired) electrons. The SMILES string of the molecule is CCNC(=O)c1ccc2c(c1)CCc1cc(C(=O)NCC)ccc1C2(CC1(N)CCCCC1)c1nnn[nH]1. The summed E-state index contributed by atoms with van der Waals surface area (Å²) in [6, 6.07) is 11.9. The van der Waals surface area contributed by atoms with Gasteiger partial charge in [0, 0.05) is 29.8 Å². The van der Waals surface area contributed by atoms with E-state index in [1.807, 2.05) is 38.1 Å². The molecule has 3 aromatic rings. The van der Waals surface area contributed by atoms with E-state index in [9.17, 15) is 9.59 Å². The van der Waals surface area contributed by atoms with Crippen LogP contribution in [0.2, 0.25) is 0 Å². The topological polar surface area (TPSA) is 139 Å². The number of tetrazole rings is 1. The molecule has 5 rings (SSSR count). The van der Waals surface area contributed by atoms with Gasteiger partial charge in [-0.15, -0.1) is 5.10 Å². The number of hydrogen-bond acceptors (Lipinski definition) is 6. The van der Waals surface area contributed by atoms with Crippen molar-refractivity contribution in [3.63, 3.8) is 0 Å². The van der Waals surface area contributed by atoms with Crippen molar-refractivity contribution in [3.8, 4) is 0 Å². The number of nitrogens with zero attached hydrogens (tertiary/aromatic N) is 3. The Morgan fingerprint density at radius 3 is 1.92 bits per heavy atom. The number of benzene rings is 2. The van der Waals surface area contributed by atoms with E-state index in [-0.39, 0.29) is 11.8 Å². The fourth-order valence-corrected chi connectivity index (χ4v) is 6.49. The Hall–Kier alpha value is -3.59. The molecule has 2 aromatic carbocycles. The molecule has 2 aliphatic rings. The number of H-pyrrole nitrogens is 1. The van der Waals surface area contributed by atoms with Gasteiger partial charge >= 0.3 is 0 Å². The van der Waals surface area contributed by atoms with Gasteiger partial charge in [0.1, 0.15) is 0 Å². The summed E-state index contributed by atoms with van der Waals surface area (Å²) in [6.45, 7) is 4.95. The first-order valence-electron chi connectivity index (χ1n) is 13.8. The predicted molar refractivity (Wildman–Crippen MR) is 145 cm³/mol. The van der Waals surface area contributed by atoms with Crippen molar-refractivity contribution in [1.29, 1.82) is 0 Å². The molecule has 200 valence electrons. The van der Waals surface area contributed by atoms with Crippen LogP contribution in [0.1, 0.15) is 101 Å². The maximum absolute atomic E-state index is 12.8. The summed E-state index contributed by atoms with van der Waals surface area (Å²) in [6.07, 6.45) is 7.28. The van der Waals surface area contributed by atoms with Gasteiger partial charge in [-0.05, 0) is 103 Å². The summed E-state index contributed by atoms with van der Waals surface area (Å²) in [7, 11) is 0. The lowest BCUT2D eigenvalue weighted by Crippen LogP contribution is -2.49. The second-order valence-corrected chi connectivity index (χ2v) is 10.7. The predicted octanol–water partition coefficient (Wildman–Crippen LogP) is 3.18. The molecule has 0 aliphatic heterocycles. The molecule has 0 saturated heterocycles. The lowest BCUT2D eigenvalue weighted by atomic mass is 9.62. The fraction of sp³-hybridized carbons (Fsp3) is 0.483. The number of hydrogen-bond donors (Lipinski definition) is 4. The molecule has 2 aliphatic carbocycles. The van der Waals surface area contributed by atoms with Crippen LogP contribution in [-0.2, 0) is 18.3 Å². The zero-order chi connectivity index (χ0) is 26.8. The zero-order valence-corrected chi connectivity index (χ0v) is 22.3. The zero-order valence-electron chi connectivity index (χ0n) is 22.3. The average Bonchev–Trinajstić information content (AvgIpc) is 3.43. The van der Waals surface area contributed by atoms with E-state index in [0.29, 0.717) is 36.5 Å². The van der Waals surface area contributed by atoms with Crippen LogP contribution in [0.4, 0.5) is 0 Å². The molecule has 1 fully saturated rings. The van der Waals surface area contributed by atoms with Gasteiger partial charge in [-0.25, -0.2) is 5.10 Å². The number of amides is 2. The molecule has 5 N–H and O–H groups in total. The van der Waals surface area contributed by atoms with Gasteiger partial charge in [-0.3, -0.25) is 9.59 Å². The van der Waals surface area contributed by atoms with Gasteiger partial charge in [0.2, 0.25) is 0 Å². The van der Waals surface area contributed by atoms with Crippen molar-refractivity contribution in [2.45, 2.75) is 76.2 Å². The highest BCUT2D eigenvalue weighted by molar-refractivity contribution is 5.95. The standard InChI is InChI=1S/C29H37N7O2/c1-3-31-25(37)21-10-12-23-19(16-21)8-9-20-17-22(26(38)32-4-2)11-13-24(20)29(23,27-33-35-36-34-27)18-28(30)14-6-5-7-15-28/h10-13,16-17H,3-9,14-15,18,30H2,1-2H3,(H,31,37)(H,32,38)(H,33,34,35,36). The van der Waals surface area contributed by atoms with Crippen LogP contribution in [0.3, 0.4) is 0 Å². The number of rotatable bonds is 7. The van der Waals surface area contributed by atoms with Crippen molar-refractivity contribution in [3.05, 3.63) is 75.6 Å². The highest BCUT2D eigenvalue weighted by Gasteiger charge is 2.49. The molecule has 9 nitrogen and oxygen atoms in total. The second kappa shape index (κ2) is 10.6. The monoisotopic (exact) mass is 515 g/mol. The van der Waals surface area contributed by atoms with Crippen molar-refractivity contribution in [2.24, 2.45) is 5.73 Å². The van der Waals surface area contributed by atoms with Crippen LogP contribution >= 0.6 is 0 Å². The molecular weight excluding hydrogens is 478 g/mol. The Balaban J connectivity index is 1.75. The van der Waals surface area contributed by atoms with Crippen LogP contribution in [0.15, 0.2) is 36.4 Å². The van der Waals surface area contributed by atoms with Gasteiger partial charge in [0.05, 0.1) is 5.41 Å². The van der Waals surface area contributed by atoms with Gasteiger partial charge in [0.15, 0.2) is 5.82 Å². The third-order valence-electron chi connectivity index (χ3n) is 8.21. The summed E-state index contributed by atoms with van der Waals surface area (Å²) in [5.74, 6) is 0.448. The van der Waals surface area contributed by atoms with E-state index in [0.717, 1.165) is 60.8 Å². The first-order chi connectivity index (χ1) is 18.4. The van der Waals surface area contributed by atoms with E-state index in [2.05, 4.69) is 43.4 Å². The van der Waals surface area contributed by atoms with Gasteiger partial charge in [0.25, 0.3) is 11.8 Å². The molecular formula is C29H37N7O2. The van der Waals surface area contributed by atoms with E-state index in [1.54, 1.807) is 0 Å². The van der Waals surface area contributed by atoms with E-state index in [1.165, 1.54) is 6.42 Å². The third kappa shape index (κ3) is 4.71. The Bertz CT molecular complexity index is 1240. The van der Waals surface area contributed by atoms with E-state index in [4.69, 9.17) is 5.73 Å². The van der Waals surface area contributed by atoms with E-state index >= 15 is 0 Å². The van der Waals surface area contributed by atoms with Crippen LogP contribution in [0.5, 0.6) is 0 Å². The molecule has 2 amide bonds. The van der Waals surface area contributed by atoms with Crippen molar-refractivity contribution >= 4 is 11.8 Å². The summed E-state index contributed by atoms with van der Waals surface area (Å²) in [4.78, 5) is 25.5. The lowest BCUT2D eigenvalue weighted by molar-refractivity contribution is 0.0947. The van der Waals surface area contributed by atoms with Crippen molar-refractivity contribution < 1.29 is 9.59 Å². The minimum Gasteiger partial charge on any atom is -0.352 e. The second-order valence-electron chi connectivity index (χ2n) is 10.7. The first-order valence-corrected chi connectivity index (χ1v) is 13.8. The number of aromatic amines is 1. The van der Waals surface area contributed by atoms with Gasteiger partial charge in [-0.2, -0.15) is 0 Å². The highest BCUT2D eigenvalue weighted by atomic mass is 16.2. The number of nitrogens with two attached hydrogens (primary N) is 1. The van der Waals surface area contributed by atoms with Crippen LogP contribution in [0, 0.1) is 0 Å². The number of aromatic nitrogens is 4. The van der Waals surface area contributed by atoms with Crippen LogP contribution < -0.4 is 16.4 Å². The smallest absolute Gasteiger partial charge is 0.251 e. The lowest BCUT2D eigenvalue weighted by Gasteiger charge is -2.43. The molecule has 1 saturated carbocycles. The van der Waals surface area contributed by atoms with Gasteiger partial charge < -0.3 is 16.4 Å². The largest absolute Gasteiger partial charge is 0.352 e. The minimum atomic E-state index is -0.754. The Morgan fingerprint density at radius 1 is 0.895 bits per heavy atom. The Kier molecular flexibility index (Phi) is 7.29. The molecule has 9 heteroatoms. The first kappa shape index (κ1) is 26.0. The summed E-state index contributed by atoms with van der Waals surface area (Å²) < 4.78 is 0. The Morgan fingerprint density at radius 2 is 1.45 bits per heavy atom. The molecule has 0 atom stereocenters. The van der Waals surface area contributed by atoms with Gasteiger partial charge in [-0.1, -0.05) is 31.4 Å². The molecule has 38 heavy (non-hydrogen) atoms.